The normalized spacial score (nSPS) is 10.6. The fourth-order valence-electron chi connectivity index (χ4n) is 2.75. The second-order valence-corrected chi connectivity index (χ2v) is 6.13. The van der Waals surface area contributed by atoms with Gasteiger partial charge in [-0.3, -0.25) is 4.79 Å². The van der Waals surface area contributed by atoms with E-state index in [2.05, 4.69) is 32.7 Å². The zero-order chi connectivity index (χ0) is 18.5. The second-order valence-electron chi connectivity index (χ2n) is 6.13. The van der Waals surface area contributed by atoms with Gasteiger partial charge >= 0.3 is 0 Å². The minimum atomic E-state index is -0.150. The Hall–Kier alpha value is -3.22. The summed E-state index contributed by atoms with van der Waals surface area (Å²) in [6.45, 7) is 3.12. The molecule has 0 bridgehead atoms. The van der Waals surface area contributed by atoms with Crippen LogP contribution in [-0.2, 0) is 7.05 Å². The molecule has 2 aromatic carbocycles. The van der Waals surface area contributed by atoms with E-state index in [4.69, 9.17) is 0 Å². The topological polar surface area (TPSA) is 75.9 Å². The van der Waals surface area contributed by atoms with Crippen LogP contribution in [0.2, 0.25) is 0 Å². The predicted molar refractivity (Wildman–Crippen MR) is 102 cm³/mol. The van der Waals surface area contributed by atoms with E-state index >= 15 is 0 Å². The number of nitrogens with one attached hydrogen (secondary N) is 1. The zero-order valence-electron chi connectivity index (χ0n) is 15.2. The molecule has 0 spiro atoms. The number of aryl methyl sites for hydroxylation is 1. The summed E-state index contributed by atoms with van der Waals surface area (Å²) >= 11 is 0. The molecule has 0 aliphatic carbocycles. The first-order chi connectivity index (χ1) is 12.6. The monoisotopic (exact) mass is 350 g/mol. The minimum absolute atomic E-state index is 0.150. The van der Waals surface area contributed by atoms with Gasteiger partial charge in [0.05, 0.1) is 0 Å². The summed E-state index contributed by atoms with van der Waals surface area (Å²) in [6.07, 6.45) is 1.08. The third-order valence-corrected chi connectivity index (χ3v) is 4.13. The number of carbonyl (C=O) groups is 1. The van der Waals surface area contributed by atoms with Crippen molar-refractivity contribution in [1.82, 2.24) is 20.2 Å². The maximum Gasteiger partial charge on any atom is 0.255 e. The van der Waals surface area contributed by atoms with Crippen molar-refractivity contribution in [2.75, 3.05) is 23.8 Å². The number of nitrogens with zero attached hydrogens (tertiary/aromatic N) is 5. The lowest BCUT2D eigenvalue weighted by molar-refractivity contribution is 0.102. The molecule has 134 valence electrons. The SMILES string of the molecule is CCCN(C)c1ccc(C(=O)Nc2cccc(-c3nnnn3C)c2)cc1. The van der Waals surface area contributed by atoms with Crippen molar-refractivity contribution in [3.8, 4) is 11.4 Å². The fourth-order valence-corrected chi connectivity index (χ4v) is 2.75. The maximum atomic E-state index is 12.5. The van der Waals surface area contributed by atoms with Gasteiger partial charge in [-0.15, -0.1) is 5.10 Å². The number of amides is 1. The van der Waals surface area contributed by atoms with Gasteiger partial charge in [0.1, 0.15) is 0 Å². The number of tetrazole rings is 1. The van der Waals surface area contributed by atoms with Crippen LogP contribution in [-0.4, -0.2) is 39.7 Å². The van der Waals surface area contributed by atoms with Crippen LogP contribution in [0, 0.1) is 0 Å². The number of anilines is 2. The van der Waals surface area contributed by atoms with Gasteiger partial charge in [0.15, 0.2) is 5.82 Å². The van der Waals surface area contributed by atoms with Crippen molar-refractivity contribution in [2.45, 2.75) is 13.3 Å². The van der Waals surface area contributed by atoms with Crippen LogP contribution in [0.5, 0.6) is 0 Å². The third kappa shape index (κ3) is 3.88. The molecule has 26 heavy (non-hydrogen) atoms. The summed E-state index contributed by atoms with van der Waals surface area (Å²) in [4.78, 5) is 14.7. The minimum Gasteiger partial charge on any atom is -0.375 e. The van der Waals surface area contributed by atoms with Crippen molar-refractivity contribution in [1.29, 1.82) is 0 Å². The average molecular weight is 350 g/mol. The molecule has 1 aromatic heterocycles. The van der Waals surface area contributed by atoms with Gasteiger partial charge in [-0.05, 0) is 53.2 Å². The smallest absolute Gasteiger partial charge is 0.255 e. The van der Waals surface area contributed by atoms with Gasteiger partial charge in [0.2, 0.25) is 0 Å². The van der Waals surface area contributed by atoms with Crippen LogP contribution in [0.25, 0.3) is 11.4 Å². The van der Waals surface area contributed by atoms with Gasteiger partial charge in [0, 0.05) is 43.1 Å². The van der Waals surface area contributed by atoms with Crippen molar-refractivity contribution in [3.63, 3.8) is 0 Å². The number of aromatic nitrogens is 4. The average Bonchev–Trinajstić information content (AvgIpc) is 3.08. The number of rotatable bonds is 6. The standard InChI is InChI=1S/C19H22N6O/c1-4-12-24(2)17-10-8-14(9-11-17)19(26)20-16-7-5-6-15(13-16)18-21-22-23-25(18)3/h5-11,13H,4,12H2,1-3H3,(H,20,26). The predicted octanol–water partition coefficient (Wildman–Crippen LogP) is 2.98. The van der Waals surface area contributed by atoms with Crippen LogP contribution in [0.4, 0.5) is 11.4 Å². The van der Waals surface area contributed by atoms with Gasteiger partial charge in [-0.2, -0.15) is 0 Å². The van der Waals surface area contributed by atoms with Crippen LogP contribution in [0.15, 0.2) is 48.5 Å². The lowest BCUT2D eigenvalue weighted by Gasteiger charge is -2.18. The third-order valence-electron chi connectivity index (χ3n) is 4.13. The summed E-state index contributed by atoms with van der Waals surface area (Å²) < 4.78 is 1.59. The lowest BCUT2D eigenvalue weighted by Crippen LogP contribution is -2.18. The summed E-state index contributed by atoms with van der Waals surface area (Å²) in [6, 6.07) is 15.1. The highest BCUT2D eigenvalue weighted by molar-refractivity contribution is 6.04. The quantitative estimate of drug-likeness (QED) is 0.740. The Kier molecular flexibility index (Phi) is 5.26. The van der Waals surface area contributed by atoms with E-state index in [1.807, 2.05) is 55.6 Å². The van der Waals surface area contributed by atoms with Crippen molar-refractivity contribution < 1.29 is 4.79 Å². The molecule has 0 saturated carbocycles. The molecular weight excluding hydrogens is 328 g/mol. The molecule has 3 rings (SSSR count). The molecule has 0 aliphatic rings. The van der Waals surface area contributed by atoms with Gasteiger partial charge in [0.25, 0.3) is 5.91 Å². The Bertz CT molecular complexity index is 887. The first-order valence-corrected chi connectivity index (χ1v) is 8.54. The molecule has 0 atom stereocenters. The number of benzene rings is 2. The summed E-state index contributed by atoms with van der Waals surface area (Å²) in [5, 5.41) is 14.4. The largest absolute Gasteiger partial charge is 0.375 e. The van der Waals surface area contributed by atoms with E-state index in [9.17, 15) is 4.79 Å². The molecule has 0 unspecified atom stereocenters. The molecule has 7 heteroatoms. The lowest BCUT2D eigenvalue weighted by atomic mass is 10.1. The molecule has 0 aliphatic heterocycles. The molecule has 1 heterocycles. The Morgan fingerprint density at radius 1 is 1.19 bits per heavy atom. The van der Waals surface area contributed by atoms with E-state index < -0.39 is 0 Å². The summed E-state index contributed by atoms with van der Waals surface area (Å²) in [5.74, 6) is 0.493. The molecule has 1 N–H and O–H groups in total. The van der Waals surface area contributed by atoms with E-state index in [1.54, 1.807) is 11.7 Å². The molecule has 0 saturated heterocycles. The van der Waals surface area contributed by atoms with Crippen molar-refractivity contribution >= 4 is 17.3 Å². The summed E-state index contributed by atoms with van der Waals surface area (Å²) in [7, 11) is 3.82. The van der Waals surface area contributed by atoms with E-state index in [-0.39, 0.29) is 5.91 Å². The molecule has 7 nitrogen and oxygen atoms in total. The van der Waals surface area contributed by atoms with Crippen LogP contribution >= 0.6 is 0 Å². The van der Waals surface area contributed by atoms with Crippen LogP contribution in [0.3, 0.4) is 0 Å². The van der Waals surface area contributed by atoms with E-state index in [0.717, 1.165) is 24.2 Å². The van der Waals surface area contributed by atoms with Crippen molar-refractivity contribution in [2.24, 2.45) is 7.05 Å². The highest BCUT2D eigenvalue weighted by Crippen LogP contribution is 2.20. The number of hydrogen-bond acceptors (Lipinski definition) is 5. The number of hydrogen-bond donors (Lipinski definition) is 1. The molecular formula is C19H22N6O. The Labute approximate surface area is 152 Å². The van der Waals surface area contributed by atoms with Gasteiger partial charge in [-0.25, -0.2) is 4.68 Å². The first-order valence-electron chi connectivity index (χ1n) is 8.54. The highest BCUT2D eigenvalue weighted by atomic mass is 16.1. The second kappa shape index (κ2) is 7.77. The van der Waals surface area contributed by atoms with Crippen molar-refractivity contribution in [3.05, 3.63) is 54.1 Å². The van der Waals surface area contributed by atoms with Gasteiger partial charge in [-0.1, -0.05) is 19.1 Å². The van der Waals surface area contributed by atoms with E-state index in [1.165, 1.54) is 0 Å². The Morgan fingerprint density at radius 3 is 2.62 bits per heavy atom. The summed E-state index contributed by atoms with van der Waals surface area (Å²) in [5.41, 5.74) is 3.25. The first kappa shape index (κ1) is 17.6. The Balaban J connectivity index is 1.73. The maximum absolute atomic E-state index is 12.5. The molecule has 1 amide bonds. The molecule has 0 radical (unpaired) electrons. The molecule has 0 fully saturated rings. The number of carbonyl (C=O) groups excluding carboxylic acids is 1. The zero-order valence-corrected chi connectivity index (χ0v) is 15.2. The molecule has 3 aromatic rings. The van der Waals surface area contributed by atoms with Crippen LogP contribution in [0.1, 0.15) is 23.7 Å². The highest BCUT2D eigenvalue weighted by Gasteiger charge is 2.10. The van der Waals surface area contributed by atoms with Gasteiger partial charge < -0.3 is 10.2 Å². The van der Waals surface area contributed by atoms with E-state index in [0.29, 0.717) is 17.1 Å². The fraction of sp³-hybridized carbons (Fsp3) is 0.263. The Morgan fingerprint density at radius 2 is 1.96 bits per heavy atom. The van der Waals surface area contributed by atoms with Crippen LogP contribution < -0.4 is 10.2 Å².